The maximum Gasteiger partial charge on any atom is 0.289 e. The van der Waals surface area contributed by atoms with Gasteiger partial charge in [0.05, 0.1) is 25.4 Å². The first-order valence-electron chi connectivity index (χ1n) is 19.2. The highest BCUT2D eigenvalue weighted by Crippen LogP contribution is 2.22. The molecule has 11 N–H and O–H groups in total. The fourth-order valence-electron chi connectivity index (χ4n) is 5.83. The van der Waals surface area contributed by atoms with Crippen LogP contribution in [0.3, 0.4) is 0 Å². The highest BCUT2D eigenvalue weighted by atomic mass is 35.5. The molecule has 0 aliphatic carbocycles. The topological polar surface area (TPSA) is 276 Å². The molecule has 2 aromatic rings. The number of aliphatic hydroxyl groups excluding tert-OH is 1. The Morgan fingerprint density at radius 3 is 1.91 bits per heavy atom. The van der Waals surface area contributed by atoms with Gasteiger partial charge < -0.3 is 53.2 Å². The van der Waals surface area contributed by atoms with E-state index in [1.54, 1.807) is 36.4 Å². The van der Waals surface area contributed by atoms with Gasteiger partial charge >= 0.3 is 0 Å². The molecule has 3 rings (SSSR count). The number of nitrogens with one attached hydrogen (secondary N) is 6. The number of aliphatic hydroxyl groups is 1. The molecule has 1 heterocycles. The summed E-state index contributed by atoms with van der Waals surface area (Å²) in [6.45, 7) is 7.30. The summed E-state index contributed by atoms with van der Waals surface area (Å²) >= 11 is 5.97. The number of ketones is 1. The van der Waals surface area contributed by atoms with Crippen molar-refractivity contribution in [2.75, 3.05) is 52.5 Å². The van der Waals surface area contributed by atoms with E-state index in [1.807, 2.05) is 12.1 Å². The van der Waals surface area contributed by atoms with Crippen molar-refractivity contribution in [3.05, 3.63) is 59.1 Å². The van der Waals surface area contributed by atoms with Gasteiger partial charge in [0.25, 0.3) is 11.8 Å². The van der Waals surface area contributed by atoms with Crippen LogP contribution in [-0.4, -0.2) is 140 Å². The molecule has 0 unspecified atom stereocenters. The van der Waals surface area contributed by atoms with Gasteiger partial charge in [0.1, 0.15) is 24.2 Å². The van der Waals surface area contributed by atoms with Crippen LogP contribution in [0.1, 0.15) is 50.4 Å². The zero-order valence-corrected chi connectivity index (χ0v) is 33.8. The van der Waals surface area contributed by atoms with Crippen molar-refractivity contribution in [3.8, 4) is 11.1 Å². The van der Waals surface area contributed by atoms with E-state index in [9.17, 15) is 38.7 Å². The van der Waals surface area contributed by atoms with Gasteiger partial charge in [0.15, 0.2) is 0 Å². The summed E-state index contributed by atoms with van der Waals surface area (Å²) in [6.07, 6.45) is -0.349. The average Bonchev–Trinajstić information content (AvgIpc) is 3.21. The fraction of sp³-hybridized carbons (Fsp3) is 0.513. The Kier molecular flexibility index (Phi) is 19.7. The van der Waals surface area contributed by atoms with Crippen molar-refractivity contribution in [2.45, 2.75) is 76.3 Å². The Morgan fingerprint density at radius 2 is 1.33 bits per heavy atom. The number of hydrogen-bond donors (Lipinski definition) is 9. The second-order valence-corrected chi connectivity index (χ2v) is 14.4. The fourth-order valence-corrected chi connectivity index (χ4v) is 5.96. The van der Waals surface area contributed by atoms with Crippen molar-refractivity contribution in [2.24, 2.45) is 11.5 Å². The third-order valence-corrected chi connectivity index (χ3v) is 9.62. The van der Waals surface area contributed by atoms with E-state index < -0.39 is 77.5 Å². The van der Waals surface area contributed by atoms with Crippen LogP contribution in [-0.2, 0) is 33.5 Å². The zero-order chi connectivity index (χ0) is 42.8. The van der Waals surface area contributed by atoms with E-state index >= 15 is 0 Å². The van der Waals surface area contributed by atoms with E-state index in [2.05, 4.69) is 36.8 Å². The molecule has 2 aromatic carbocycles. The van der Waals surface area contributed by atoms with Crippen molar-refractivity contribution >= 4 is 52.8 Å². The van der Waals surface area contributed by atoms with Crippen LogP contribution in [0, 0.1) is 0 Å². The molecule has 0 spiro atoms. The summed E-state index contributed by atoms with van der Waals surface area (Å²) in [5.41, 5.74) is 13.4. The Bertz CT molecular complexity index is 1710. The summed E-state index contributed by atoms with van der Waals surface area (Å²) in [5.74, 6) is -5.65. The number of Topliss-reactive ketones (excluding diaryl/α,β-unsaturated/α-hetero) is 1. The molecular weight excluding hydrogens is 774 g/mol. The van der Waals surface area contributed by atoms with Crippen molar-refractivity contribution < 1.29 is 43.4 Å². The highest BCUT2D eigenvalue weighted by molar-refractivity contribution is 6.38. The summed E-state index contributed by atoms with van der Waals surface area (Å²) in [7, 11) is 0. The number of amides is 6. The van der Waals surface area contributed by atoms with Crippen molar-refractivity contribution in [1.82, 2.24) is 36.8 Å². The second-order valence-electron chi connectivity index (χ2n) is 14.0. The summed E-state index contributed by atoms with van der Waals surface area (Å²) in [5, 5.41) is 25.9. The molecule has 6 atom stereocenters. The SMILES string of the molecule is C[C@H](NC(=O)[C@@H](NC(=O)[C@H](CN)NC(=O)c1ccc(-c2ccc(Cl)cc2)cc1)[C@@H](C)O)C(=O)N[C@@H](CCCCN)C(=O)N[C@@H](C)C(=O)C(=O)NCCN1CCOCC1. The van der Waals surface area contributed by atoms with Crippen LogP contribution in [0.4, 0.5) is 0 Å². The van der Waals surface area contributed by atoms with Gasteiger partial charge in [0, 0.05) is 43.3 Å². The molecule has 0 radical (unpaired) electrons. The lowest BCUT2D eigenvalue weighted by molar-refractivity contribution is -0.140. The molecule has 1 fully saturated rings. The predicted octanol–water partition coefficient (Wildman–Crippen LogP) is -1.43. The van der Waals surface area contributed by atoms with E-state index in [1.165, 1.54) is 20.8 Å². The zero-order valence-electron chi connectivity index (χ0n) is 33.1. The van der Waals surface area contributed by atoms with Crippen LogP contribution in [0.25, 0.3) is 11.1 Å². The summed E-state index contributed by atoms with van der Waals surface area (Å²) in [6, 6.07) is 7.27. The number of carbonyl (C=O) groups excluding carboxylic acids is 7. The Morgan fingerprint density at radius 1 is 0.741 bits per heavy atom. The third-order valence-electron chi connectivity index (χ3n) is 9.37. The van der Waals surface area contributed by atoms with Gasteiger partial charge in [-0.3, -0.25) is 38.5 Å². The quantitative estimate of drug-likeness (QED) is 0.0488. The number of halogens is 1. The minimum absolute atomic E-state index is 0.132. The maximum atomic E-state index is 13.3. The normalized spacial score (nSPS) is 16.0. The van der Waals surface area contributed by atoms with Crippen molar-refractivity contribution in [3.63, 3.8) is 0 Å². The number of rotatable bonds is 22. The average molecular weight is 830 g/mol. The molecule has 0 bridgehead atoms. The molecule has 58 heavy (non-hydrogen) atoms. The molecule has 318 valence electrons. The molecule has 0 saturated carbocycles. The third kappa shape index (κ3) is 15.1. The van der Waals surface area contributed by atoms with Gasteiger partial charge in [-0.05, 0) is 82.0 Å². The van der Waals surface area contributed by atoms with Crippen LogP contribution >= 0.6 is 11.6 Å². The number of unbranched alkanes of at least 4 members (excludes halogenated alkanes) is 1. The first-order valence-corrected chi connectivity index (χ1v) is 19.6. The summed E-state index contributed by atoms with van der Waals surface area (Å²) in [4.78, 5) is 93.3. The lowest BCUT2D eigenvalue weighted by Gasteiger charge is -2.26. The number of ether oxygens (including phenoxy) is 1. The number of morpholine rings is 1. The number of nitrogens with two attached hydrogens (primary N) is 2. The van der Waals surface area contributed by atoms with Gasteiger partial charge in [0.2, 0.25) is 29.4 Å². The number of nitrogens with zero attached hydrogens (tertiary/aromatic N) is 1. The standard InChI is InChI=1S/C39H56ClN9O9/c1-23(33(51)39(57)43-16-17-49-18-20-58-21-19-49)44-36(54)30(6-4-5-15-41)46-34(52)24(2)45-38(56)32(25(3)50)48-37(55)31(22-42)47-35(53)28-9-7-26(8-10-28)27-11-13-29(40)14-12-27/h7-14,23-25,30-32,50H,4-6,15-22,41-42H2,1-3H3,(H,43,57)(H,44,54)(H,45,56)(H,46,52)(H,47,53)(H,48,55)/t23-,24-,25+,30-,31-,32-/m0/s1. The number of hydrogen-bond acceptors (Lipinski definition) is 12. The number of benzene rings is 2. The largest absolute Gasteiger partial charge is 0.391 e. The molecule has 1 aliphatic rings. The molecule has 19 heteroatoms. The minimum Gasteiger partial charge on any atom is -0.391 e. The Hall–Kier alpha value is -4.98. The van der Waals surface area contributed by atoms with Crippen molar-refractivity contribution in [1.29, 1.82) is 0 Å². The van der Waals surface area contributed by atoms with Gasteiger partial charge in [-0.1, -0.05) is 35.9 Å². The van der Waals surface area contributed by atoms with E-state index in [0.717, 1.165) is 11.1 Å². The van der Waals surface area contributed by atoms with Crippen LogP contribution < -0.4 is 43.4 Å². The number of carbonyl (C=O) groups is 7. The minimum atomic E-state index is -1.57. The van der Waals surface area contributed by atoms with E-state index in [4.69, 9.17) is 27.8 Å². The second kappa shape index (κ2) is 24.1. The molecule has 0 aromatic heterocycles. The van der Waals surface area contributed by atoms with Gasteiger partial charge in [-0.25, -0.2) is 0 Å². The molecule has 6 amide bonds. The molecular formula is C39H56ClN9O9. The maximum absolute atomic E-state index is 13.3. The lowest BCUT2D eigenvalue weighted by atomic mass is 10.0. The van der Waals surface area contributed by atoms with Gasteiger partial charge in [-0.2, -0.15) is 0 Å². The van der Waals surface area contributed by atoms with E-state index in [-0.39, 0.29) is 25.1 Å². The van der Waals surface area contributed by atoms with Crippen LogP contribution in [0.15, 0.2) is 48.5 Å². The Balaban J connectivity index is 1.55. The molecule has 1 aliphatic heterocycles. The first kappa shape index (κ1) is 47.4. The van der Waals surface area contributed by atoms with E-state index in [0.29, 0.717) is 57.3 Å². The highest BCUT2D eigenvalue weighted by Gasteiger charge is 2.33. The lowest BCUT2D eigenvalue weighted by Crippen LogP contribution is -2.61. The van der Waals surface area contributed by atoms with Crippen LogP contribution in [0.2, 0.25) is 5.02 Å². The molecule has 18 nitrogen and oxygen atoms in total. The van der Waals surface area contributed by atoms with Crippen LogP contribution in [0.5, 0.6) is 0 Å². The first-order chi connectivity index (χ1) is 27.6. The Labute approximate surface area is 342 Å². The molecule has 1 saturated heterocycles. The summed E-state index contributed by atoms with van der Waals surface area (Å²) < 4.78 is 5.30. The predicted molar refractivity (Wildman–Crippen MR) is 216 cm³/mol. The smallest absolute Gasteiger partial charge is 0.289 e. The monoisotopic (exact) mass is 829 g/mol. The van der Waals surface area contributed by atoms with Gasteiger partial charge in [-0.15, -0.1) is 0 Å².